The van der Waals surface area contributed by atoms with Crippen molar-refractivity contribution in [3.05, 3.63) is 0 Å². The van der Waals surface area contributed by atoms with E-state index in [4.69, 9.17) is 22.3 Å². The Balaban J connectivity index is 4.43. The van der Waals surface area contributed by atoms with Gasteiger partial charge in [-0.2, -0.15) is 0 Å². The molecule has 7 N–H and O–H groups in total. The van der Waals surface area contributed by atoms with Crippen LogP contribution >= 0.6 is 0 Å². The maximum Gasteiger partial charge on any atom is 0.305 e. The molecule has 0 aliphatic carbocycles. The standard InChI is InChI=1S/C8H13N3O5/c9-3(1-5(11)12)7(15)8(16)4(10)2-6(13)14/h3-4H,1-2,9-10H2,(H2,11,12)(H,13,14)/t3-,4-/m0/s1. The minimum Gasteiger partial charge on any atom is -0.481 e. The summed E-state index contributed by atoms with van der Waals surface area (Å²) in [6, 6.07) is -2.83. The van der Waals surface area contributed by atoms with Gasteiger partial charge < -0.3 is 22.3 Å². The van der Waals surface area contributed by atoms with Crippen molar-refractivity contribution in [3.63, 3.8) is 0 Å². The summed E-state index contributed by atoms with van der Waals surface area (Å²) in [6.45, 7) is 0. The molecule has 1 amide bonds. The molecule has 0 saturated heterocycles. The third kappa shape index (κ3) is 4.62. The summed E-state index contributed by atoms with van der Waals surface area (Å²) in [5, 5.41) is 8.35. The van der Waals surface area contributed by atoms with Crippen molar-refractivity contribution in [1.82, 2.24) is 0 Å². The predicted octanol–water partition coefficient (Wildman–Crippen LogP) is -2.87. The van der Waals surface area contributed by atoms with Gasteiger partial charge in [-0.15, -0.1) is 0 Å². The highest BCUT2D eigenvalue weighted by Gasteiger charge is 2.28. The first kappa shape index (κ1) is 14.2. The van der Waals surface area contributed by atoms with Gasteiger partial charge in [0.1, 0.15) is 0 Å². The van der Waals surface area contributed by atoms with Gasteiger partial charge in [-0.25, -0.2) is 0 Å². The second kappa shape index (κ2) is 5.93. The van der Waals surface area contributed by atoms with Gasteiger partial charge in [-0.05, 0) is 0 Å². The molecule has 8 heteroatoms. The molecule has 2 atom stereocenters. The maximum atomic E-state index is 11.2. The first-order chi connectivity index (χ1) is 7.25. The molecule has 0 saturated carbocycles. The fourth-order valence-corrected chi connectivity index (χ4v) is 0.956. The number of carboxylic acid groups (broad SMARTS) is 1. The summed E-state index contributed by atoms with van der Waals surface area (Å²) >= 11 is 0. The highest BCUT2D eigenvalue weighted by molar-refractivity contribution is 6.41. The average molecular weight is 231 g/mol. The van der Waals surface area contributed by atoms with Crippen LogP contribution in [0.3, 0.4) is 0 Å². The maximum absolute atomic E-state index is 11.2. The number of carbonyl (C=O) groups excluding carboxylic acids is 3. The first-order valence-corrected chi connectivity index (χ1v) is 4.35. The Morgan fingerprint density at radius 2 is 1.31 bits per heavy atom. The number of Topliss-reactive ketones (excluding diaryl/α,β-unsaturated/α-hetero) is 2. The first-order valence-electron chi connectivity index (χ1n) is 4.35. The van der Waals surface area contributed by atoms with Gasteiger partial charge in [-0.3, -0.25) is 19.2 Å². The highest BCUT2D eigenvalue weighted by atomic mass is 16.4. The molecule has 0 unspecified atom stereocenters. The fraction of sp³-hybridized carbons (Fsp3) is 0.500. The Morgan fingerprint density at radius 3 is 1.62 bits per heavy atom. The average Bonchev–Trinajstić information content (AvgIpc) is 2.13. The van der Waals surface area contributed by atoms with E-state index in [1.165, 1.54) is 0 Å². The van der Waals surface area contributed by atoms with E-state index in [-0.39, 0.29) is 0 Å². The number of ketones is 2. The summed E-state index contributed by atoms with van der Waals surface area (Å²) in [5.74, 6) is -4.35. The zero-order chi connectivity index (χ0) is 12.9. The summed E-state index contributed by atoms with van der Waals surface area (Å²) in [7, 11) is 0. The molecular formula is C8H13N3O5. The normalized spacial score (nSPS) is 13.9. The van der Waals surface area contributed by atoms with E-state index < -0.39 is 48.4 Å². The van der Waals surface area contributed by atoms with Crippen molar-refractivity contribution >= 4 is 23.4 Å². The lowest BCUT2D eigenvalue weighted by atomic mass is 10.00. The molecular weight excluding hydrogens is 218 g/mol. The van der Waals surface area contributed by atoms with E-state index in [2.05, 4.69) is 0 Å². The van der Waals surface area contributed by atoms with E-state index in [1.807, 2.05) is 0 Å². The van der Waals surface area contributed by atoms with Crippen molar-refractivity contribution in [1.29, 1.82) is 0 Å². The van der Waals surface area contributed by atoms with E-state index in [0.29, 0.717) is 0 Å². The largest absolute Gasteiger partial charge is 0.481 e. The fourth-order valence-electron chi connectivity index (χ4n) is 0.956. The Bertz CT molecular complexity index is 296. The van der Waals surface area contributed by atoms with Crippen molar-refractivity contribution in [2.24, 2.45) is 17.2 Å². The number of primary amides is 1. The summed E-state index contributed by atoms with van der Waals surface area (Å²) in [4.78, 5) is 43.2. The van der Waals surface area contributed by atoms with Crippen molar-refractivity contribution in [3.8, 4) is 0 Å². The molecule has 0 spiro atoms. The van der Waals surface area contributed by atoms with Gasteiger partial charge in [0, 0.05) is 6.42 Å². The smallest absolute Gasteiger partial charge is 0.305 e. The minimum absolute atomic E-state index is 0.482. The number of hydrogen-bond acceptors (Lipinski definition) is 6. The van der Waals surface area contributed by atoms with Gasteiger partial charge in [0.2, 0.25) is 17.5 Å². The number of amides is 1. The van der Waals surface area contributed by atoms with Crippen LogP contribution in [-0.4, -0.2) is 40.6 Å². The number of aliphatic carboxylic acids is 1. The Hall–Kier alpha value is -1.80. The molecule has 0 bridgehead atoms. The number of carbonyl (C=O) groups is 4. The van der Waals surface area contributed by atoms with Crippen LogP contribution in [0.15, 0.2) is 0 Å². The molecule has 0 heterocycles. The molecule has 0 rings (SSSR count). The molecule has 0 aromatic rings. The van der Waals surface area contributed by atoms with Crippen LogP contribution in [0, 0.1) is 0 Å². The molecule has 0 radical (unpaired) electrons. The lowest BCUT2D eigenvalue weighted by Crippen LogP contribution is -2.46. The Kier molecular flexibility index (Phi) is 5.26. The molecule has 0 aromatic heterocycles. The van der Waals surface area contributed by atoms with Crippen LogP contribution in [0.1, 0.15) is 12.8 Å². The number of carboxylic acids is 1. The molecule has 16 heavy (non-hydrogen) atoms. The lowest BCUT2D eigenvalue weighted by molar-refractivity contribution is -0.142. The van der Waals surface area contributed by atoms with E-state index in [9.17, 15) is 19.2 Å². The van der Waals surface area contributed by atoms with Crippen molar-refractivity contribution in [2.75, 3.05) is 0 Å². The molecule has 90 valence electrons. The summed E-state index contributed by atoms with van der Waals surface area (Å²) in [5.41, 5.74) is 15.2. The van der Waals surface area contributed by atoms with Crippen LogP contribution in [0.4, 0.5) is 0 Å². The van der Waals surface area contributed by atoms with Gasteiger partial charge in [0.05, 0.1) is 18.5 Å². The lowest BCUT2D eigenvalue weighted by Gasteiger charge is -2.10. The molecule has 0 aliphatic rings. The second-order valence-electron chi connectivity index (χ2n) is 3.21. The van der Waals surface area contributed by atoms with Crippen LogP contribution in [-0.2, 0) is 19.2 Å². The number of rotatable bonds is 7. The molecule has 0 aliphatic heterocycles. The Labute approximate surface area is 90.8 Å². The van der Waals surface area contributed by atoms with Crippen LogP contribution in [0.5, 0.6) is 0 Å². The molecule has 0 aromatic carbocycles. The van der Waals surface area contributed by atoms with Crippen molar-refractivity contribution in [2.45, 2.75) is 24.9 Å². The van der Waals surface area contributed by atoms with Gasteiger partial charge >= 0.3 is 5.97 Å². The zero-order valence-corrected chi connectivity index (χ0v) is 8.38. The number of nitrogens with two attached hydrogens (primary N) is 3. The monoisotopic (exact) mass is 231 g/mol. The summed E-state index contributed by atoms with van der Waals surface area (Å²) < 4.78 is 0. The van der Waals surface area contributed by atoms with Crippen LogP contribution in [0.2, 0.25) is 0 Å². The zero-order valence-electron chi connectivity index (χ0n) is 8.38. The third-order valence-electron chi connectivity index (χ3n) is 1.73. The summed E-state index contributed by atoms with van der Waals surface area (Å²) in [6.07, 6.45) is -1.15. The Morgan fingerprint density at radius 1 is 0.938 bits per heavy atom. The van der Waals surface area contributed by atoms with E-state index in [0.717, 1.165) is 0 Å². The minimum atomic E-state index is -1.45. The quantitative estimate of drug-likeness (QED) is 0.341. The topological polar surface area (TPSA) is 167 Å². The highest BCUT2D eigenvalue weighted by Crippen LogP contribution is 1.97. The van der Waals surface area contributed by atoms with Crippen LogP contribution < -0.4 is 17.2 Å². The van der Waals surface area contributed by atoms with Gasteiger partial charge in [0.25, 0.3) is 0 Å². The second-order valence-corrected chi connectivity index (χ2v) is 3.21. The van der Waals surface area contributed by atoms with Crippen LogP contribution in [0.25, 0.3) is 0 Å². The van der Waals surface area contributed by atoms with Gasteiger partial charge in [0.15, 0.2) is 0 Å². The number of hydrogen-bond donors (Lipinski definition) is 4. The molecule has 0 fully saturated rings. The van der Waals surface area contributed by atoms with E-state index >= 15 is 0 Å². The van der Waals surface area contributed by atoms with Crippen molar-refractivity contribution < 1.29 is 24.3 Å². The third-order valence-corrected chi connectivity index (χ3v) is 1.73. The SMILES string of the molecule is NC(=O)C[C@H](N)C(=O)C(=O)[C@@H](N)CC(=O)O. The van der Waals surface area contributed by atoms with Gasteiger partial charge in [-0.1, -0.05) is 0 Å². The van der Waals surface area contributed by atoms with E-state index in [1.54, 1.807) is 0 Å². The molecule has 8 nitrogen and oxygen atoms in total. The predicted molar refractivity (Wildman–Crippen MR) is 52.0 cm³/mol.